The van der Waals surface area contributed by atoms with E-state index < -0.39 is 40.8 Å². The third-order valence-electron chi connectivity index (χ3n) is 4.95. The third kappa shape index (κ3) is 4.60. The minimum atomic E-state index is -3.76. The summed E-state index contributed by atoms with van der Waals surface area (Å²) in [7, 11) is 0. The number of allylic oxidation sites excluding steroid dienone is 1. The van der Waals surface area contributed by atoms with Crippen molar-refractivity contribution in [2.75, 3.05) is 18.4 Å². The van der Waals surface area contributed by atoms with Crippen LogP contribution >= 0.6 is 11.6 Å². The summed E-state index contributed by atoms with van der Waals surface area (Å²) in [4.78, 5) is 13.7. The molecule has 2 N–H and O–H groups in total. The number of anilines is 1. The molecule has 1 fully saturated rings. The number of carbonyl (C=O) groups is 1. The van der Waals surface area contributed by atoms with Gasteiger partial charge in [-0.05, 0) is 49.2 Å². The number of benzene rings is 2. The average molecular weight is 443 g/mol. The molecule has 2 aromatic carbocycles. The molecule has 1 amide bonds. The minimum Gasteiger partial charge on any atom is -0.393 e. The van der Waals surface area contributed by atoms with Gasteiger partial charge in [0.25, 0.3) is 5.91 Å². The normalized spacial score (nSPS) is 15.2. The van der Waals surface area contributed by atoms with E-state index in [1.165, 1.54) is 17.0 Å². The zero-order valence-corrected chi connectivity index (χ0v) is 16.5. The Balaban J connectivity index is 1.83. The lowest BCUT2D eigenvalue weighted by Crippen LogP contribution is -2.40. The highest BCUT2D eigenvalue weighted by molar-refractivity contribution is 6.31. The van der Waals surface area contributed by atoms with Gasteiger partial charge in [-0.15, -0.1) is 0 Å². The number of halogens is 5. The topological polar surface area (TPSA) is 52.6 Å². The van der Waals surface area contributed by atoms with Crippen molar-refractivity contribution in [1.82, 2.24) is 4.90 Å². The Morgan fingerprint density at radius 1 is 1.13 bits per heavy atom. The molecule has 1 aliphatic rings. The number of aliphatic hydroxyl groups excluding tert-OH is 1. The highest BCUT2D eigenvalue weighted by Gasteiger charge is 2.41. The second-order valence-corrected chi connectivity index (χ2v) is 7.42. The zero-order chi connectivity index (χ0) is 22.1. The predicted octanol–water partition coefficient (Wildman–Crippen LogP) is 4.93. The fourth-order valence-electron chi connectivity index (χ4n) is 3.17. The highest BCUT2D eigenvalue weighted by Crippen LogP contribution is 2.39. The number of carbonyl (C=O) groups excluding carboxylic acids is 1. The molecule has 0 radical (unpaired) electrons. The summed E-state index contributed by atoms with van der Waals surface area (Å²) >= 11 is 5.66. The van der Waals surface area contributed by atoms with Gasteiger partial charge in [0.15, 0.2) is 0 Å². The van der Waals surface area contributed by atoms with Crippen molar-refractivity contribution in [3.8, 4) is 0 Å². The van der Waals surface area contributed by atoms with E-state index in [0.29, 0.717) is 12.8 Å². The van der Waals surface area contributed by atoms with E-state index in [4.69, 9.17) is 11.6 Å². The fraction of sp³-hybridized carbons (Fsp3) is 0.286. The van der Waals surface area contributed by atoms with Crippen LogP contribution in [0.1, 0.15) is 28.8 Å². The molecule has 1 heterocycles. The van der Waals surface area contributed by atoms with Crippen LogP contribution in [0.2, 0.25) is 5.02 Å². The monoisotopic (exact) mass is 442 g/mol. The number of rotatable bonds is 5. The molecule has 1 aliphatic heterocycles. The molecule has 3 rings (SSSR count). The molecular weight excluding hydrogens is 424 g/mol. The Morgan fingerprint density at radius 2 is 1.77 bits per heavy atom. The smallest absolute Gasteiger partial charge is 0.314 e. The number of nitrogens with one attached hydrogen (secondary N) is 1. The van der Waals surface area contributed by atoms with Crippen molar-refractivity contribution in [3.63, 3.8) is 0 Å². The van der Waals surface area contributed by atoms with E-state index in [1.807, 2.05) is 0 Å². The van der Waals surface area contributed by atoms with Gasteiger partial charge in [-0.3, -0.25) is 4.79 Å². The lowest BCUT2D eigenvalue weighted by molar-refractivity contribution is -0.00882. The number of amides is 1. The Kier molecular flexibility index (Phi) is 6.38. The van der Waals surface area contributed by atoms with Gasteiger partial charge in [0.1, 0.15) is 11.6 Å². The van der Waals surface area contributed by atoms with Crippen LogP contribution in [0.15, 0.2) is 48.7 Å². The van der Waals surface area contributed by atoms with E-state index in [-0.39, 0.29) is 29.4 Å². The summed E-state index contributed by atoms with van der Waals surface area (Å²) in [6.45, 7) is 3.77. The quantitative estimate of drug-likeness (QED) is 0.645. The molecule has 0 spiro atoms. The minimum absolute atomic E-state index is 0.153. The summed E-state index contributed by atoms with van der Waals surface area (Å²) < 4.78 is 57.6. The number of hydrogen-bond acceptors (Lipinski definition) is 3. The maximum Gasteiger partial charge on any atom is 0.314 e. The van der Waals surface area contributed by atoms with Crippen LogP contribution in [0.25, 0.3) is 0 Å². The zero-order valence-electron chi connectivity index (χ0n) is 15.8. The molecule has 0 unspecified atom stereocenters. The lowest BCUT2D eigenvalue weighted by atomic mass is 9.99. The molecule has 160 valence electrons. The largest absolute Gasteiger partial charge is 0.393 e. The third-order valence-corrected chi connectivity index (χ3v) is 5.24. The Morgan fingerprint density at radius 3 is 2.40 bits per heavy atom. The molecule has 2 aromatic rings. The standard InChI is InChI=1S/C21H19ClF4N2O2/c1-12(28-8-6-15(29)7-9-28)21(25,26)16-10-13(2-4-18(16)23)20(30)27-14-3-5-19(24)17(22)11-14/h2-5,10-11,15,29H,1,6-9H2,(H,27,30). The molecule has 0 aliphatic carbocycles. The van der Waals surface area contributed by atoms with E-state index in [0.717, 1.165) is 24.3 Å². The fourth-order valence-corrected chi connectivity index (χ4v) is 3.35. The summed E-state index contributed by atoms with van der Waals surface area (Å²) in [5, 5.41) is 11.7. The van der Waals surface area contributed by atoms with Gasteiger partial charge in [-0.1, -0.05) is 18.2 Å². The summed E-state index contributed by atoms with van der Waals surface area (Å²) in [6.07, 6.45) is 0.0481. The molecular formula is C21H19ClF4N2O2. The van der Waals surface area contributed by atoms with Gasteiger partial charge < -0.3 is 15.3 Å². The Labute approximate surface area is 175 Å². The van der Waals surface area contributed by atoms with Gasteiger partial charge in [0.2, 0.25) is 0 Å². The van der Waals surface area contributed by atoms with Gasteiger partial charge in [0.05, 0.1) is 22.4 Å². The molecule has 1 saturated heterocycles. The van der Waals surface area contributed by atoms with Crippen LogP contribution in [-0.2, 0) is 5.92 Å². The van der Waals surface area contributed by atoms with E-state index in [2.05, 4.69) is 11.9 Å². The SMILES string of the molecule is C=C(N1CCC(O)CC1)C(F)(F)c1cc(C(=O)Nc2ccc(F)c(Cl)c2)ccc1F. The summed E-state index contributed by atoms with van der Waals surface area (Å²) in [6, 6.07) is 6.07. The maximum absolute atomic E-state index is 15.0. The predicted molar refractivity (Wildman–Crippen MR) is 106 cm³/mol. The number of likely N-dealkylation sites (tertiary alicyclic amines) is 1. The number of hydrogen-bond donors (Lipinski definition) is 2. The van der Waals surface area contributed by atoms with Gasteiger partial charge >= 0.3 is 5.92 Å². The van der Waals surface area contributed by atoms with Crippen LogP contribution in [0.3, 0.4) is 0 Å². The molecule has 0 bridgehead atoms. The number of piperidine rings is 1. The maximum atomic E-state index is 15.0. The van der Waals surface area contributed by atoms with Crippen molar-refractivity contribution in [2.45, 2.75) is 24.9 Å². The van der Waals surface area contributed by atoms with Crippen LogP contribution in [0.4, 0.5) is 23.2 Å². The average Bonchev–Trinajstić information content (AvgIpc) is 2.71. The molecule has 30 heavy (non-hydrogen) atoms. The number of aliphatic hydroxyl groups is 1. The molecule has 9 heteroatoms. The van der Waals surface area contributed by atoms with Gasteiger partial charge in [-0.25, -0.2) is 8.78 Å². The number of nitrogens with zero attached hydrogens (tertiary/aromatic N) is 1. The van der Waals surface area contributed by atoms with Crippen molar-refractivity contribution >= 4 is 23.2 Å². The first-order valence-electron chi connectivity index (χ1n) is 9.16. The first-order chi connectivity index (χ1) is 14.1. The summed E-state index contributed by atoms with van der Waals surface area (Å²) in [5.41, 5.74) is -1.65. The molecule has 0 aromatic heterocycles. The van der Waals surface area contributed by atoms with Crippen LogP contribution in [0, 0.1) is 11.6 Å². The first kappa shape index (κ1) is 22.1. The molecule has 0 atom stereocenters. The highest BCUT2D eigenvalue weighted by atomic mass is 35.5. The van der Waals surface area contributed by atoms with E-state index >= 15 is 8.78 Å². The Hall–Kier alpha value is -2.58. The first-order valence-corrected chi connectivity index (χ1v) is 9.54. The Bertz CT molecular complexity index is 975. The van der Waals surface area contributed by atoms with E-state index in [1.54, 1.807) is 0 Å². The van der Waals surface area contributed by atoms with E-state index in [9.17, 15) is 18.7 Å². The number of alkyl halides is 2. The molecule has 4 nitrogen and oxygen atoms in total. The van der Waals surface area contributed by atoms with Crippen molar-refractivity contribution in [1.29, 1.82) is 0 Å². The lowest BCUT2D eigenvalue weighted by Gasteiger charge is -2.36. The van der Waals surface area contributed by atoms with Crippen LogP contribution in [0.5, 0.6) is 0 Å². The van der Waals surface area contributed by atoms with Gasteiger partial charge in [-0.2, -0.15) is 8.78 Å². The van der Waals surface area contributed by atoms with Crippen molar-refractivity contribution in [3.05, 3.63) is 76.5 Å². The van der Waals surface area contributed by atoms with Crippen molar-refractivity contribution in [2.24, 2.45) is 0 Å². The van der Waals surface area contributed by atoms with Crippen molar-refractivity contribution < 1.29 is 27.5 Å². The second-order valence-electron chi connectivity index (χ2n) is 7.02. The second kappa shape index (κ2) is 8.65. The van der Waals surface area contributed by atoms with Crippen LogP contribution < -0.4 is 5.32 Å². The molecule has 0 saturated carbocycles. The van der Waals surface area contributed by atoms with Crippen LogP contribution in [-0.4, -0.2) is 35.1 Å². The van der Waals surface area contributed by atoms with Gasteiger partial charge in [0, 0.05) is 24.3 Å². The summed E-state index contributed by atoms with van der Waals surface area (Å²) in [5.74, 6) is -6.41.